The number of hydrogen-bond acceptors (Lipinski definition) is 3. The Morgan fingerprint density at radius 1 is 1.38 bits per heavy atom. The van der Waals surface area contributed by atoms with Crippen LogP contribution in [0, 0.1) is 0 Å². The smallest absolute Gasteiger partial charge is 0.320 e. The lowest BCUT2D eigenvalue weighted by atomic mass is 10.3. The van der Waals surface area contributed by atoms with Gasteiger partial charge in [-0.15, -0.1) is 0 Å². The second kappa shape index (κ2) is 6.50. The van der Waals surface area contributed by atoms with Gasteiger partial charge in [0.25, 0.3) is 0 Å². The van der Waals surface area contributed by atoms with Crippen molar-refractivity contribution in [3.05, 3.63) is 42.2 Å². The van der Waals surface area contributed by atoms with Gasteiger partial charge in [0.1, 0.15) is 5.75 Å². The highest BCUT2D eigenvalue weighted by Gasteiger charge is 1.93. The number of carbonyl (C=O) groups is 1. The molecule has 0 spiro atoms. The molecule has 0 saturated heterocycles. The number of ether oxygens (including phenoxy) is 1. The van der Waals surface area contributed by atoms with Crippen LogP contribution in [-0.2, 0) is 4.79 Å². The summed E-state index contributed by atoms with van der Waals surface area (Å²) < 4.78 is 5.37. The van der Waals surface area contributed by atoms with E-state index in [1.807, 2.05) is 30.3 Å². The van der Waals surface area contributed by atoms with Gasteiger partial charge in [-0.3, -0.25) is 0 Å². The minimum absolute atomic E-state index is 0.415. The molecule has 16 heavy (non-hydrogen) atoms. The van der Waals surface area contributed by atoms with Crippen LogP contribution in [0.25, 0.3) is 0 Å². The molecule has 0 bridgehead atoms. The third kappa shape index (κ3) is 4.50. The Hall–Kier alpha value is -1.97. The molecule has 0 aliphatic rings. The van der Waals surface area contributed by atoms with E-state index in [1.165, 1.54) is 0 Å². The Morgan fingerprint density at radius 2 is 2.06 bits per heavy atom. The summed E-state index contributed by atoms with van der Waals surface area (Å²) >= 11 is 0. The molecule has 0 atom stereocenters. The number of hydrogen-bond donors (Lipinski definition) is 1. The standard InChI is InChI=1S/C12H14O4/c13-11(12(14)15)8-4-5-9-16-10-6-2-1-3-7-10/h1-3,6-8,13H,4-5,9H2,(H,14,15)/p-1. The van der Waals surface area contributed by atoms with E-state index >= 15 is 0 Å². The van der Waals surface area contributed by atoms with Crippen LogP contribution in [0.5, 0.6) is 5.75 Å². The van der Waals surface area contributed by atoms with Gasteiger partial charge in [0, 0.05) is 0 Å². The Kier molecular flexibility index (Phi) is 4.92. The van der Waals surface area contributed by atoms with Crippen LogP contribution in [0.15, 0.2) is 42.2 Å². The average Bonchev–Trinajstić information content (AvgIpc) is 2.29. The molecule has 0 saturated carbocycles. The quantitative estimate of drug-likeness (QED) is 0.445. The first-order valence-corrected chi connectivity index (χ1v) is 4.98. The first-order chi connectivity index (χ1) is 7.70. The zero-order chi connectivity index (χ0) is 11.8. The van der Waals surface area contributed by atoms with E-state index < -0.39 is 11.7 Å². The van der Waals surface area contributed by atoms with Crippen molar-refractivity contribution >= 4 is 5.97 Å². The van der Waals surface area contributed by atoms with Crippen molar-refractivity contribution in [2.45, 2.75) is 12.8 Å². The Morgan fingerprint density at radius 3 is 2.69 bits per heavy atom. The van der Waals surface area contributed by atoms with Gasteiger partial charge in [0.05, 0.1) is 6.61 Å². The molecule has 0 aromatic heterocycles. The van der Waals surface area contributed by atoms with E-state index in [0.717, 1.165) is 11.8 Å². The van der Waals surface area contributed by atoms with E-state index in [4.69, 9.17) is 9.84 Å². The van der Waals surface area contributed by atoms with Crippen LogP contribution in [0.3, 0.4) is 0 Å². The fourth-order valence-corrected chi connectivity index (χ4v) is 1.11. The van der Waals surface area contributed by atoms with Gasteiger partial charge in [-0.2, -0.15) is 0 Å². The molecule has 4 heteroatoms. The minimum Gasteiger partial charge on any atom is -0.868 e. The van der Waals surface area contributed by atoms with Crippen LogP contribution in [0.2, 0.25) is 0 Å². The number of benzene rings is 1. The Labute approximate surface area is 93.8 Å². The van der Waals surface area contributed by atoms with Crippen molar-refractivity contribution in [1.82, 2.24) is 0 Å². The van der Waals surface area contributed by atoms with Crippen LogP contribution in [0.4, 0.5) is 0 Å². The molecular formula is C12H13O4-. The summed E-state index contributed by atoms with van der Waals surface area (Å²) in [5.41, 5.74) is 0. The number of carboxylic acid groups (broad SMARTS) is 1. The van der Waals surface area contributed by atoms with Crippen molar-refractivity contribution in [3.8, 4) is 5.75 Å². The van der Waals surface area contributed by atoms with Gasteiger partial charge in [0.2, 0.25) is 0 Å². The number of rotatable bonds is 6. The second-order valence-electron chi connectivity index (χ2n) is 3.18. The number of para-hydroxylation sites is 1. The van der Waals surface area contributed by atoms with Crippen LogP contribution >= 0.6 is 0 Å². The van der Waals surface area contributed by atoms with Crippen molar-refractivity contribution < 1.29 is 19.7 Å². The monoisotopic (exact) mass is 221 g/mol. The number of carboxylic acids is 1. The highest BCUT2D eigenvalue weighted by Crippen LogP contribution is 2.08. The molecule has 1 aromatic carbocycles. The van der Waals surface area contributed by atoms with Gasteiger partial charge >= 0.3 is 5.97 Å². The number of aliphatic carboxylic acids is 1. The largest absolute Gasteiger partial charge is 0.868 e. The Bertz CT molecular complexity index is 357. The molecule has 0 radical (unpaired) electrons. The van der Waals surface area contributed by atoms with Crippen molar-refractivity contribution in [2.24, 2.45) is 0 Å². The number of allylic oxidation sites excluding steroid dienone is 1. The minimum atomic E-state index is -1.41. The molecule has 1 aromatic rings. The maximum Gasteiger partial charge on any atom is 0.320 e. The summed E-state index contributed by atoms with van der Waals surface area (Å²) in [6.45, 7) is 0.466. The van der Waals surface area contributed by atoms with E-state index in [9.17, 15) is 9.90 Å². The predicted octanol–water partition coefficient (Wildman–Crippen LogP) is 1.17. The molecule has 1 N–H and O–H groups in total. The first kappa shape index (κ1) is 12.1. The maximum atomic E-state index is 10.7. The normalized spacial score (nSPS) is 11.1. The second-order valence-corrected chi connectivity index (χ2v) is 3.18. The molecular weight excluding hydrogens is 208 g/mol. The van der Waals surface area contributed by atoms with Gasteiger partial charge in [-0.25, -0.2) is 4.79 Å². The lowest BCUT2D eigenvalue weighted by Gasteiger charge is -2.06. The third-order valence-corrected chi connectivity index (χ3v) is 1.90. The van der Waals surface area contributed by atoms with Gasteiger partial charge < -0.3 is 14.9 Å². The first-order valence-electron chi connectivity index (χ1n) is 4.98. The molecule has 0 amide bonds. The topological polar surface area (TPSA) is 69.6 Å². The van der Waals surface area contributed by atoms with Crippen molar-refractivity contribution in [1.29, 1.82) is 0 Å². The molecule has 0 unspecified atom stereocenters. The van der Waals surface area contributed by atoms with Crippen molar-refractivity contribution in [3.63, 3.8) is 0 Å². The lowest BCUT2D eigenvalue weighted by Crippen LogP contribution is -2.14. The summed E-state index contributed by atoms with van der Waals surface area (Å²) in [7, 11) is 0. The molecule has 1 rings (SSSR count). The summed E-state index contributed by atoms with van der Waals surface area (Å²) in [6.07, 6.45) is 2.20. The summed E-state index contributed by atoms with van der Waals surface area (Å²) in [4.78, 5) is 10.2. The highest BCUT2D eigenvalue weighted by molar-refractivity contribution is 5.82. The van der Waals surface area contributed by atoms with Crippen LogP contribution in [-0.4, -0.2) is 17.7 Å². The van der Waals surface area contributed by atoms with Crippen LogP contribution < -0.4 is 9.84 Å². The zero-order valence-electron chi connectivity index (χ0n) is 8.76. The fourth-order valence-electron chi connectivity index (χ4n) is 1.11. The fraction of sp³-hybridized carbons (Fsp3) is 0.250. The van der Waals surface area contributed by atoms with Gasteiger partial charge in [-0.05, 0) is 30.7 Å². The van der Waals surface area contributed by atoms with Gasteiger partial charge in [-0.1, -0.05) is 24.3 Å². The lowest BCUT2D eigenvalue weighted by molar-refractivity contribution is -0.303. The maximum absolute atomic E-state index is 10.7. The van der Waals surface area contributed by atoms with Gasteiger partial charge in [0.15, 0.2) is 0 Å². The average molecular weight is 221 g/mol. The van der Waals surface area contributed by atoms with E-state index in [2.05, 4.69) is 0 Å². The molecule has 86 valence electrons. The highest BCUT2D eigenvalue weighted by atomic mass is 16.5. The third-order valence-electron chi connectivity index (χ3n) is 1.90. The van der Waals surface area contributed by atoms with Crippen LogP contribution in [0.1, 0.15) is 12.8 Å². The molecule has 0 aliphatic heterocycles. The molecule has 0 fully saturated rings. The molecule has 0 heterocycles. The predicted molar refractivity (Wildman–Crippen MR) is 56.9 cm³/mol. The van der Waals surface area contributed by atoms with E-state index in [-0.39, 0.29) is 0 Å². The van der Waals surface area contributed by atoms with Crippen molar-refractivity contribution in [2.75, 3.05) is 6.61 Å². The molecule has 4 nitrogen and oxygen atoms in total. The Balaban J connectivity index is 2.18. The summed E-state index contributed by atoms with van der Waals surface area (Å²) in [6, 6.07) is 9.31. The summed E-state index contributed by atoms with van der Waals surface area (Å²) in [5, 5.41) is 19.0. The van der Waals surface area contributed by atoms with E-state index in [1.54, 1.807) is 0 Å². The zero-order valence-corrected chi connectivity index (χ0v) is 8.76. The summed E-state index contributed by atoms with van der Waals surface area (Å²) in [5.74, 6) is -1.50. The number of unbranched alkanes of at least 4 members (excludes halogenated alkanes) is 1. The van der Waals surface area contributed by atoms with E-state index in [0.29, 0.717) is 19.4 Å². The molecule has 0 aliphatic carbocycles. The SMILES string of the molecule is O=C(O)C([O-])=CCCCOc1ccccc1.